The van der Waals surface area contributed by atoms with Crippen LogP contribution in [-0.4, -0.2) is 34.0 Å². The molecule has 0 fully saturated rings. The Morgan fingerprint density at radius 3 is 2.65 bits per heavy atom. The third-order valence-corrected chi connectivity index (χ3v) is 5.28. The minimum atomic E-state index is -3.42. The lowest BCUT2D eigenvalue weighted by molar-refractivity contribution is 0.583. The highest BCUT2D eigenvalue weighted by Crippen LogP contribution is 2.19. The number of thiophene rings is 1. The molecule has 1 aromatic rings. The third-order valence-electron chi connectivity index (χ3n) is 2.33. The van der Waals surface area contributed by atoms with Gasteiger partial charge >= 0.3 is 0 Å². The van der Waals surface area contributed by atoms with E-state index in [4.69, 9.17) is 5.73 Å². The first-order chi connectivity index (χ1) is 9.31. The second-order valence-corrected chi connectivity index (χ2v) is 8.09. The summed E-state index contributed by atoms with van der Waals surface area (Å²) in [6.07, 6.45) is 0. The Labute approximate surface area is 124 Å². The molecule has 1 rings (SSSR count). The Morgan fingerprint density at radius 1 is 1.40 bits per heavy atom. The maximum atomic E-state index is 11.9. The monoisotopic (exact) mass is 318 g/mol. The lowest BCUT2D eigenvalue weighted by Crippen LogP contribution is -2.38. The molecule has 0 saturated heterocycles. The minimum Gasteiger partial charge on any atom is -0.370 e. The number of aryl methyl sites for hydroxylation is 1. The molecule has 4 N–H and O–H groups in total. The van der Waals surface area contributed by atoms with Gasteiger partial charge in [-0.1, -0.05) is 13.8 Å². The lowest BCUT2D eigenvalue weighted by Gasteiger charge is -2.07. The molecule has 0 radical (unpaired) electrons. The van der Waals surface area contributed by atoms with Crippen LogP contribution in [0.25, 0.3) is 0 Å². The van der Waals surface area contributed by atoms with Gasteiger partial charge in [0.1, 0.15) is 4.21 Å². The van der Waals surface area contributed by atoms with Gasteiger partial charge in [0.15, 0.2) is 5.96 Å². The highest BCUT2D eigenvalue weighted by Gasteiger charge is 2.14. The fourth-order valence-corrected chi connectivity index (χ4v) is 3.70. The number of sulfonamides is 1. The van der Waals surface area contributed by atoms with Crippen LogP contribution in [0.1, 0.15) is 18.7 Å². The molecule has 20 heavy (non-hydrogen) atoms. The molecule has 0 saturated carbocycles. The summed E-state index contributed by atoms with van der Waals surface area (Å²) >= 11 is 1.25. The summed E-state index contributed by atoms with van der Waals surface area (Å²) in [4.78, 5) is 5.09. The number of hydrogen-bond donors (Lipinski definition) is 3. The van der Waals surface area contributed by atoms with Gasteiger partial charge in [-0.3, -0.25) is 4.99 Å². The Bertz CT molecular complexity index is 550. The average Bonchev–Trinajstić information content (AvgIpc) is 2.79. The maximum absolute atomic E-state index is 11.9. The van der Waals surface area contributed by atoms with Crippen molar-refractivity contribution in [1.82, 2.24) is 10.0 Å². The smallest absolute Gasteiger partial charge is 0.250 e. The van der Waals surface area contributed by atoms with Crippen LogP contribution in [0.5, 0.6) is 0 Å². The van der Waals surface area contributed by atoms with E-state index in [1.165, 1.54) is 11.3 Å². The molecule has 0 aliphatic carbocycles. The van der Waals surface area contributed by atoms with E-state index in [0.717, 1.165) is 4.88 Å². The maximum Gasteiger partial charge on any atom is 0.250 e. The fourth-order valence-electron chi connectivity index (χ4n) is 1.34. The summed E-state index contributed by atoms with van der Waals surface area (Å²) in [5, 5.41) is 2.87. The predicted molar refractivity (Wildman–Crippen MR) is 83.6 cm³/mol. The van der Waals surface area contributed by atoms with Crippen LogP contribution in [0.4, 0.5) is 0 Å². The van der Waals surface area contributed by atoms with Crippen molar-refractivity contribution in [3.8, 4) is 0 Å². The van der Waals surface area contributed by atoms with Crippen molar-refractivity contribution in [2.24, 2.45) is 16.6 Å². The summed E-state index contributed by atoms with van der Waals surface area (Å²) in [6, 6.07) is 3.39. The van der Waals surface area contributed by atoms with Crippen LogP contribution in [0.3, 0.4) is 0 Å². The van der Waals surface area contributed by atoms with E-state index in [0.29, 0.717) is 29.2 Å². The molecule has 0 aliphatic rings. The number of aliphatic imine (C=N–C) groups is 1. The minimum absolute atomic E-state index is 0.261. The molecule has 6 nitrogen and oxygen atoms in total. The van der Waals surface area contributed by atoms with Gasteiger partial charge in [0.25, 0.3) is 0 Å². The van der Waals surface area contributed by atoms with Crippen molar-refractivity contribution in [2.75, 3.05) is 19.6 Å². The summed E-state index contributed by atoms with van der Waals surface area (Å²) < 4.78 is 26.7. The highest BCUT2D eigenvalue weighted by molar-refractivity contribution is 7.91. The van der Waals surface area contributed by atoms with Crippen LogP contribution in [0.15, 0.2) is 21.3 Å². The zero-order chi connectivity index (χ0) is 15.2. The Kier molecular flexibility index (Phi) is 6.44. The average molecular weight is 318 g/mol. The molecule has 0 atom stereocenters. The van der Waals surface area contributed by atoms with E-state index in [9.17, 15) is 8.42 Å². The number of hydrogen-bond acceptors (Lipinski definition) is 4. The Balaban J connectivity index is 2.36. The van der Waals surface area contributed by atoms with Crippen LogP contribution in [0, 0.1) is 12.8 Å². The van der Waals surface area contributed by atoms with Crippen LogP contribution in [0.2, 0.25) is 0 Å². The SMILES string of the molecule is Cc1ccc(S(=O)(=O)NCCNC(N)=NCC(C)C)s1. The second-order valence-electron chi connectivity index (χ2n) is 4.81. The van der Waals surface area contributed by atoms with E-state index in [-0.39, 0.29) is 6.54 Å². The van der Waals surface area contributed by atoms with Crippen LogP contribution >= 0.6 is 11.3 Å². The first-order valence-electron chi connectivity index (χ1n) is 6.41. The summed E-state index contributed by atoms with van der Waals surface area (Å²) in [7, 11) is -3.42. The molecule has 0 aliphatic heterocycles. The molecular formula is C12H22N4O2S2. The molecule has 1 heterocycles. The van der Waals surface area contributed by atoms with Crippen molar-refractivity contribution in [3.05, 3.63) is 17.0 Å². The van der Waals surface area contributed by atoms with Crippen molar-refractivity contribution >= 4 is 27.3 Å². The van der Waals surface area contributed by atoms with Gasteiger partial charge in [-0.2, -0.15) is 0 Å². The van der Waals surface area contributed by atoms with Gasteiger partial charge in [-0.05, 0) is 25.0 Å². The van der Waals surface area contributed by atoms with E-state index < -0.39 is 10.0 Å². The van der Waals surface area contributed by atoms with Crippen LogP contribution in [-0.2, 0) is 10.0 Å². The van der Waals surface area contributed by atoms with Crippen molar-refractivity contribution < 1.29 is 8.42 Å². The fraction of sp³-hybridized carbons (Fsp3) is 0.583. The Hall–Kier alpha value is -1.12. The molecule has 0 bridgehead atoms. The number of rotatable bonds is 7. The lowest BCUT2D eigenvalue weighted by atomic mass is 10.2. The molecule has 8 heteroatoms. The first-order valence-corrected chi connectivity index (χ1v) is 8.71. The van der Waals surface area contributed by atoms with E-state index in [1.54, 1.807) is 12.1 Å². The van der Waals surface area contributed by atoms with E-state index in [2.05, 4.69) is 15.0 Å². The van der Waals surface area contributed by atoms with Gasteiger partial charge in [-0.15, -0.1) is 11.3 Å². The van der Waals surface area contributed by atoms with Gasteiger partial charge in [0.2, 0.25) is 10.0 Å². The second kappa shape index (κ2) is 7.61. The third kappa shape index (κ3) is 5.89. The molecule has 0 spiro atoms. The van der Waals surface area contributed by atoms with Crippen molar-refractivity contribution in [3.63, 3.8) is 0 Å². The van der Waals surface area contributed by atoms with Crippen molar-refractivity contribution in [2.45, 2.75) is 25.0 Å². The summed E-state index contributed by atoms with van der Waals surface area (Å²) in [6.45, 7) is 7.28. The molecule has 1 aromatic heterocycles. The predicted octanol–water partition coefficient (Wildman–Crippen LogP) is 0.895. The summed E-state index contributed by atoms with van der Waals surface area (Å²) in [5.41, 5.74) is 5.65. The standard InChI is InChI=1S/C12H22N4O2S2/c1-9(2)8-15-12(13)14-6-7-16-20(17,18)11-5-4-10(3)19-11/h4-5,9,16H,6-8H2,1-3H3,(H3,13,14,15). The zero-order valence-electron chi connectivity index (χ0n) is 12.0. The molecule has 0 aromatic carbocycles. The normalized spacial score (nSPS) is 12.9. The summed E-state index contributed by atoms with van der Waals surface area (Å²) in [5.74, 6) is 0.779. The van der Waals surface area contributed by atoms with E-state index >= 15 is 0 Å². The van der Waals surface area contributed by atoms with Gasteiger partial charge in [-0.25, -0.2) is 13.1 Å². The van der Waals surface area contributed by atoms with Gasteiger partial charge in [0.05, 0.1) is 0 Å². The number of nitrogens with zero attached hydrogens (tertiary/aromatic N) is 1. The number of guanidine groups is 1. The van der Waals surface area contributed by atoms with Gasteiger partial charge in [0, 0.05) is 24.5 Å². The van der Waals surface area contributed by atoms with Crippen molar-refractivity contribution in [1.29, 1.82) is 0 Å². The molecule has 0 unspecified atom stereocenters. The van der Waals surface area contributed by atoms with Gasteiger partial charge < -0.3 is 11.1 Å². The first kappa shape index (κ1) is 16.9. The molecular weight excluding hydrogens is 296 g/mol. The van der Waals surface area contributed by atoms with E-state index in [1.807, 2.05) is 20.8 Å². The quantitative estimate of drug-likeness (QED) is 0.395. The topological polar surface area (TPSA) is 96.6 Å². The zero-order valence-corrected chi connectivity index (χ0v) is 13.6. The van der Waals surface area contributed by atoms with Crippen LogP contribution < -0.4 is 15.8 Å². The Morgan fingerprint density at radius 2 is 2.10 bits per heavy atom. The largest absolute Gasteiger partial charge is 0.370 e. The molecule has 0 amide bonds. The molecule has 114 valence electrons. The number of nitrogens with one attached hydrogen (secondary N) is 2. The highest BCUT2D eigenvalue weighted by atomic mass is 32.2. The number of nitrogens with two attached hydrogens (primary N) is 1.